The summed E-state index contributed by atoms with van der Waals surface area (Å²) in [7, 11) is 1.97. The fourth-order valence-corrected chi connectivity index (χ4v) is 11.5. The number of rotatable bonds is 20. The van der Waals surface area contributed by atoms with E-state index in [0.29, 0.717) is 48.4 Å². The van der Waals surface area contributed by atoms with E-state index in [1.165, 1.54) is 72.8 Å². The number of halogens is 1. The van der Waals surface area contributed by atoms with Crippen molar-refractivity contribution >= 4 is 86.7 Å². The number of nitrogens with two attached hydrogens (primary N) is 1. The van der Waals surface area contributed by atoms with Crippen molar-refractivity contribution in [3.8, 4) is 0 Å². The van der Waals surface area contributed by atoms with E-state index < -0.39 is 70.2 Å². The van der Waals surface area contributed by atoms with Crippen LogP contribution in [-0.2, 0) is 52.8 Å². The molecule has 3 heterocycles. The van der Waals surface area contributed by atoms with Crippen LogP contribution in [-0.4, -0.2) is 112 Å². The van der Waals surface area contributed by atoms with Crippen LogP contribution in [0.5, 0.6) is 0 Å². The second kappa shape index (κ2) is 25.0. The van der Waals surface area contributed by atoms with E-state index in [-0.39, 0.29) is 55.8 Å². The summed E-state index contributed by atoms with van der Waals surface area (Å²) in [5.41, 5.74) is 11.6. The Bertz CT molecular complexity index is 3350. The molecule has 80 heavy (non-hydrogen) atoms. The Hall–Kier alpha value is -8.69. The van der Waals surface area contributed by atoms with E-state index >= 15 is 0 Å². The van der Waals surface area contributed by atoms with Gasteiger partial charge >= 0.3 is 0 Å². The fraction of sp³-hybridized carbons (Fsp3) is 0.305. The molecule has 9 rings (SSSR count). The zero-order valence-electron chi connectivity index (χ0n) is 44.0. The number of amides is 7. The number of nitro benzene ring substituents is 1. The van der Waals surface area contributed by atoms with Crippen LogP contribution in [0, 0.1) is 27.8 Å². The maximum Gasteiger partial charge on any atom is 0.269 e. The van der Waals surface area contributed by atoms with E-state index in [2.05, 4.69) is 42.5 Å². The van der Waals surface area contributed by atoms with Gasteiger partial charge in [-0.15, -0.1) is 0 Å². The number of non-ortho nitro benzene ring substituents is 1. The van der Waals surface area contributed by atoms with Crippen molar-refractivity contribution < 1.29 is 42.9 Å². The van der Waals surface area contributed by atoms with Crippen molar-refractivity contribution in [1.29, 1.82) is 0 Å². The molecule has 1 aromatic heterocycles. The van der Waals surface area contributed by atoms with Gasteiger partial charge in [0.1, 0.15) is 23.9 Å². The molecule has 414 valence electrons. The molecule has 1 saturated heterocycles. The molecule has 0 bridgehead atoms. The second-order valence-corrected chi connectivity index (χ2v) is 21.7. The number of hydrogen-bond donors (Lipinski definition) is 7. The molecular weight excluding hydrogens is 1040 g/mol. The van der Waals surface area contributed by atoms with Crippen LogP contribution in [0.4, 0.5) is 21.5 Å². The zero-order valence-corrected chi connectivity index (χ0v) is 44.9. The predicted molar refractivity (Wildman–Crippen MR) is 300 cm³/mol. The fourth-order valence-electron chi connectivity index (χ4n) is 10.7. The smallest absolute Gasteiger partial charge is 0.269 e. The molecule has 2 aliphatic heterocycles. The van der Waals surface area contributed by atoms with Gasteiger partial charge in [-0.25, -0.2) is 4.39 Å². The number of carbonyl (C=O) groups excluding carboxylic acids is 7. The number of hydrogen-bond acceptors (Lipinski definition) is 11. The van der Waals surface area contributed by atoms with Gasteiger partial charge < -0.3 is 42.2 Å². The highest BCUT2D eigenvalue weighted by Crippen LogP contribution is 2.41. The molecule has 5 aromatic carbocycles. The molecule has 0 radical (unpaired) electrons. The van der Waals surface area contributed by atoms with E-state index in [4.69, 9.17) is 5.73 Å². The van der Waals surface area contributed by atoms with Gasteiger partial charge in [0.15, 0.2) is 0 Å². The normalized spacial score (nSPS) is 17.9. The molecule has 1 unspecified atom stereocenters. The number of anilines is 2. The van der Waals surface area contributed by atoms with Crippen LogP contribution in [0.2, 0.25) is 0 Å². The summed E-state index contributed by atoms with van der Waals surface area (Å²) in [5, 5.41) is 26.7. The molecule has 7 amide bonds. The van der Waals surface area contributed by atoms with E-state index in [9.17, 15) is 48.1 Å². The molecule has 21 heteroatoms. The number of likely N-dealkylation sites (tertiary alicyclic amines) is 1. The van der Waals surface area contributed by atoms with Crippen molar-refractivity contribution in [2.24, 2.45) is 17.6 Å². The van der Waals surface area contributed by atoms with Gasteiger partial charge in [-0.2, -0.15) is 0 Å². The van der Waals surface area contributed by atoms with Gasteiger partial charge in [0.05, 0.1) is 16.8 Å². The van der Waals surface area contributed by atoms with Gasteiger partial charge in [0, 0.05) is 102 Å². The molecule has 1 aliphatic carbocycles. The van der Waals surface area contributed by atoms with Gasteiger partial charge in [0.25, 0.3) is 5.69 Å². The molecule has 19 nitrogen and oxygen atoms in total. The van der Waals surface area contributed by atoms with Crippen molar-refractivity contribution in [3.63, 3.8) is 0 Å². The molecule has 1 fully saturated rings. The molecular formula is C59H61FN10O9S. The summed E-state index contributed by atoms with van der Waals surface area (Å²) >= 11 is 1.46. The van der Waals surface area contributed by atoms with E-state index in [1.807, 2.05) is 55.7 Å². The first-order chi connectivity index (χ1) is 38.4. The van der Waals surface area contributed by atoms with Crippen LogP contribution < -0.4 is 32.3 Å². The van der Waals surface area contributed by atoms with E-state index in [1.54, 1.807) is 29.2 Å². The molecule has 0 saturated carbocycles. The maximum absolute atomic E-state index is 14.7. The molecule has 3 aliphatic rings. The lowest BCUT2D eigenvalue weighted by Crippen LogP contribution is -2.58. The Morgan fingerprint density at radius 2 is 1.44 bits per heavy atom. The average Bonchev–Trinajstić information content (AvgIpc) is 4.05. The Morgan fingerprint density at radius 3 is 2.09 bits per heavy atom. The molecule has 8 N–H and O–H groups in total. The van der Waals surface area contributed by atoms with Crippen molar-refractivity contribution in [2.45, 2.75) is 85.8 Å². The standard InChI is InChI=1S/C59H61FN10O9S/c1-34(71)63-49(55(61)73)24-25-53(72)64-41-14-20-44(21-15-41)80-45-22-16-42(17-23-45)65-56(74)37-5-4-26-69(33-37)59(77)51(28-35-8-12-40(60)13-9-35)67-58(76)50(27-36-10-18-43(19-11-36)70(78)79)66-57(75)39-29-47-46-6-3-7-48-54(46)38(31-62-48)30-52(47)68(2)32-39/h3,6-23,29,31,37,39,49-52,62H,4-5,24-28,30,32-33H2,1-2H3,(H2,61,73)(H,63,71)(H,64,72)(H,65,74)(H,66,75)(H,67,76)/t37?,39-,49+,50+,51+,52-/m1/s1. The minimum atomic E-state index is -1.23. The third kappa shape index (κ3) is 13.8. The number of nitrogens with one attached hydrogen (secondary N) is 6. The predicted octanol–water partition coefficient (Wildman–Crippen LogP) is 6.28. The minimum absolute atomic E-state index is 0.0304. The number of nitrogens with zero attached hydrogens (tertiary/aromatic N) is 3. The Labute approximate surface area is 464 Å². The van der Waals surface area contributed by atoms with Gasteiger partial charge in [-0.05, 0) is 127 Å². The Morgan fingerprint density at radius 1 is 0.787 bits per heavy atom. The number of aromatic amines is 1. The van der Waals surface area contributed by atoms with Gasteiger partial charge in [-0.3, -0.25) is 48.6 Å². The average molecular weight is 1110 g/mol. The van der Waals surface area contributed by atoms with Gasteiger partial charge in [-0.1, -0.05) is 54.2 Å². The Kier molecular flexibility index (Phi) is 17.5. The topological polar surface area (TPSA) is 271 Å². The quantitative estimate of drug-likeness (QED) is 0.0330. The molecule has 0 spiro atoms. The first-order valence-corrected chi connectivity index (χ1v) is 27.2. The molecule has 6 atom stereocenters. The maximum atomic E-state index is 14.7. The van der Waals surface area contributed by atoms with E-state index in [0.717, 1.165) is 38.3 Å². The summed E-state index contributed by atoms with van der Waals surface area (Å²) in [6.45, 7) is 2.00. The van der Waals surface area contributed by atoms with Gasteiger partial charge in [0.2, 0.25) is 41.4 Å². The number of nitro groups is 1. The number of primary amides is 1. The second-order valence-electron chi connectivity index (χ2n) is 20.5. The van der Waals surface area contributed by atoms with Crippen molar-refractivity contribution in [1.82, 2.24) is 30.7 Å². The third-order valence-electron chi connectivity index (χ3n) is 14.8. The summed E-state index contributed by atoms with van der Waals surface area (Å²) in [5.74, 6) is -5.07. The number of H-pyrrole nitrogens is 1. The highest BCUT2D eigenvalue weighted by molar-refractivity contribution is 7.99. The number of carbonyl (C=O) groups is 7. The van der Waals surface area contributed by atoms with Crippen LogP contribution in [0.15, 0.2) is 137 Å². The number of benzene rings is 5. The first kappa shape index (κ1) is 56.0. The number of aromatic nitrogens is 1. The number of fused-ring (bicyclic) bond motifs is 2. The highest BCUT2D eigenvalue weighted by Gasteiger charge is 2.38. The Balaban J connectivity index is 0.854. The molecule has 6 aromatic rings. The van der Waals surface area contributed by atoms with Crippen molar-refractivity contribution in [3.05, 3.63) is 166 Å². The first-order valence-electron chi connectivity index (χ1n) is 26.4. The van der Waals surface area contributed by atoms with Crippen LogP contribution in [0.3, 0.4) is 0 Å². The lowest BCUT2D eigenvalue weighted by atomic mass is 9.79. The third-order valence-corrected chi connectivity index (χ3v) is 15.8. The number of piperidine rings is 1. The minimum Gasteiger partial charge on any atom is -0.368 e. The highest BCUT2D eigenvalue weighted by atomic mass is 32.2. The number of likely N-dealkylation sites (N-methyl/N-ethyl adjacent to an activating group) is 1. The lowest BCUT2D eigenvalue weighted by molar-refractivity contribution is -0.384. The van der Waals surface area contributed by atoms with Crippen LogP contribution >= 0.6 is 11.8 Å². The van der Waals surface area contributed by atoms with Crippen LogP contribution in [0.25, 0.3) is 16.5 Å². The summed E-state index contributed by atoms with van der Waals surface area (Å²) in [6.07, 6.45) is 5.70. The monoisotopic (exact) mass is 1100 g/mol. The summed E-state index contributed by atoms with van der Waals surface area (Å²) < 4.78 is 14.2. The summed E-state index contributed by atoms with van der Waals surface area (Å²) in [4.78, 5) is 113. The zero-order chi connectivity index (χ0) is 56.6. The lowest BCUT2D eigenvalue weighted by Gasteiger charge is -2.39. The van der Waals surface area contributed by atoms with Crippen LogP contribution in [0.1, 0.15) is 54.9 Å². The summed E-state index contributed by atoms with van der Waals surface area (Å²) in [6, 6.07) is 28.4. The SMILES string of the molecule is CC(=O)N[C@@H](CCC(=O)Nc1ccc(Sc2ccc(NC(=O)C3CCCN(C(=O)[C@H](Cc4ccc(F)cc4)NC(=O)[C@H](Cc4ccc([N+](=O)[O-])cc4)NC(=O)[C@@H]4C=C5c6cccc7[nH]cc(c67)C[C@H]5N(C)C4)C3)cc2)cc1)C(N)=O. The largest absolute Gasteiger partial charge is 0.368 e. The van der Waals surface area contributed by atoms with Crippen molar-refractivity contribution in [2.75, 3.05) is 37.3 Å².